The zero-order valence-electron chi connectivity index (χ0n) is 20.3. The Morgan fingerprint density at radius 1 is 1.03 bits per heavy atom. The minimum atomic E-state index is -0.401. The quantitative estimate of drug-likeness (QED) is 0.159. The highest BCUT2D eigenvalue weighted by Crippen LogP contribution is 2.59. The van der Waals surface area contributed by atoms with Gasteiger partial charge in [-0.15, -0.1) is 0 Å². The smallest absolute Gasteiger partial charge is 0.331 e. The first-order chi connectivity index (χ1) is 15.7. The molecular weight excluding hydrogens is 420 g/mol. The van der Waals surface area contributed by atoms with Gasteiger partial charge in [0.15, 0.2) is 5.78 Å². The van der Waals surface area contributed by atoms with E-state index in [4.69, 9.17) is 18.9 Å². The predicted molar refractivity (Wildman–Crippen MR) is 127 cm³/mol. The van der Waals surface area contributed by atoms with Crippen molar-refractivity contribution in [3.05, 3.63) is 60.3 Å². The van der Waals surface area contributed by atoms with Crippen LogP contribution in [0.1, 0.15) is 47.0 Å². The lowest BCUT2D eigenvalue weighted by atomic mass is 9.68. The van der Waals surface area contributed by atoms with E-state index in [2.05, 4.69) is 26.8 Å². The van der Waals surface area contributed by atoms with Gasteiger partial charge in [0.25, 0.3) is 0 Å². The highest BCUT2D eigenvalue weighted by molar-refractivity contribution is 5.87. The molecule has 3 fully saturated rings. The molecule has 0 amide bonds. The topological polar surface area (TPSA) is 77.7 Å². The van der Waals surface area contributed by atoms with E-state index in [-0.39, 0.29) is 41.2 Å². The van der Waals surface area contributed by atoms with Gasteiger partial charge in [-0.3, -0.25) is 4.79 Å². The van der Waals surface area contributed by atoms with Crippen molar-refractivity contribution in [1.82, 2.24) is 0 Å². The van der Waals surface area contributed by atoms with E-state index in [1.165, 1.54) is 24.6 Å². The van der Waals surface area contributed by atoms with Crippen molar-refractivity contribution >= 4 is 11.8 Å². The fourth-order valence-corrected chi connectivity index (χ4v) is 4.84. The van der Waals surface area contributed by atoms with Crippen LogP contribution < -0.4 is 0 Å². The molecule has 0 unspecified atom stereocenters. The number of allylic oxidation sites excluding steroid dienone is 8. The second kappa shape index (κ2) is 10.8. The zero-order valence-corrected chi connectivity index (χ0v) is 20.3. The monoisotopic (exact) mass is 456 g/mol. The third-order valence-electron chi connectivity index (χ3n) is 6.62. The molecule has 180 valence electrons. The summed E-state index contributed by atoms with van der Waals surface area (Å²) in [5.74, 6) is -0.397. The summed E-state index contributed by atoms with van der Waals surface area (Å²) in [7, 11) is 1.67. The lowest BCUT2D eigenvalue weighted by Crippen LogP contribution is -2.55. The minimum absolute atomic E-state index is 0.00425. The van der Waals surface area contributed by atoms with Crippen molar-refractivity contribution in [2.45, 2.75) is 76.5 Å². The first-order valence-corrected chi connectivity index (χ1v) is 11.6. The molecule has 0 aromatic rings. The van der Waals surface area contributed by atoms with Crippen LogP contribution in [0.15, 0.2) is 60.3 Å². The Morgan fingerprint density at radius 2 is 1.67 bits per heavy atom. The molecule has 0 aromatic heterocycles. The molecule has 3 aliphatic rings. The van der Waals surface area contributed by atoms with Gasteiger partial charge in [-0.05, 0) is 53.0 Å². The van der Waals surface area contributed by atoms with Crippen molar-refractivity contribution in [3.8, 4) is 0 Å². The molecule has 1 spiro atoms. The summed E-state index contributed by atoms with van der Waals surface area (Å²) < 4.78 is 23.8. The van der Waals surface area contributed by atoms with E-state index in [1.807, 2.05) is 0 Å². The summed E-state index contributed by atoms with van der Waals surface area (Å²) in [5.41, 5.74) is 0.684. The highest BCUT2D eigenvalue weighted by atomic mass is 16.6. The van der Waals surface area contributed by atoms with Crippen molar-refractivity contribution < 1.29 is 28.5 Å². The molecule has 0 N–H and O–H groups in total. The second-order valence-corrected chi connectivity index (χ2v) is 9.45. The molecule has 6 heteroatoms. The largest absolute Gasteiger partial charge is 0.456 e. The summed E-state index contributed by atoms with van der Waals surface area (Å²) in [6, 6.07) is 0. The summed E-state index contributed by atoms with van der Waals surface area (Å²) in [5, 5.41) is 0. The first-order valence-electron chi connectivity index (χ1n) is 11.6. The maximum absolute atomic E-state index is 12.4. The average Bonchev–Trinajstić information content (AvgIpc) is 3.67. The molecule has 3 rings (SSSR count). The molecule has 33 heavy (non-hydrogen) atoms. The van der Waals surface area contributed by atoms with E-state index < -0.39 is 5.97 Å². The number of epoxide rings is 2. The van der Waals surface area contributed by atoms with Gasteiger partial charge in [-0.1, -0.05) is 48.1 Å². The van der Waals surface area contributed by atoms with Crippen LogP contribution >= 0.6 is 0 Å². The predicted octanol–water partition coefficient (Wildman–Crippen LogP) is 4.42. The van der Waals surface area contributed by atoms with Crippen LogP contribution in [0.4, 0.5) is 0 Å². The molecule has 0 bridgehead atoms. The maximum atomic E-state index is 12.4. The Morgan fingerprint density at radius 3 is 2.24 bits per heavy atom. The van der Waals surface area contributed by atoms with E-state index >= 15 is 0 Å². The van der Waals surface area contributed by atoms with Crippen LogP contribution in [0.3, 0.4) is 0 Å². The minimum Gasteiger partial charge on any atom is -0.456 e. The Kier molecular flexibility index (Phi) is 8.27. The number of ether oxygens (including phenoxy) is 4. The molecule has 6 atom stereocenters. The van der Waals surface area contributed by atoms with Crippen LogP contribution in [-0.2, 0) is 28.5 Å². The molecule has 0 radical (unpaired) electrons. The standard InChI is InChI=1S/C27H36O6/c1-19(2)14-15-22-26(4,33-22)25-24(30-5)21(16-17-27(25)18-31-27)32-23(29)13-11-9-7-6-8-10-12-20(3)28/h6-14,21-22,24-25H,15-18H2,1-5H3/t21-,22-,24-,25-,26+,27+/m1/s1. The van der Waals surface area contributed by atoms with Crippen LogP contribution in [-0.4, -0.2) is 55.0 Å². The van der Waals surface area contributed by atoms with Gasteiger partial charge >= 0.3 is 5.97 Å². The third kappa shape index (κ3) is 6.40. The van der Waals surface area contributed by atoms with Gasteiger partial charge in [0.2, 0.25) is 0 Å². The number of hydrogen-bond acceptors (Lipinski definition) is 6. The van der Waals surface area contributed by atoms with Crippen molar-refractivity contribution in [2.24, 2.45) is 5.92 Å². The van der Waals surface area contributed by atoms with Gasteiger partial charge in [0.05, 0.1) is 18.6 Å². The highest BCUT2D eigenvalue weighted by Gasteiger charge is 2.72. The number of hydrogen-bond donors (Lipinski definition) is 0. The van der Waals surface area contributed by atoms with Gasteiger partial charge in [0, 0.05) is 13.2 Å². The van der Waals surface area contributed by atoms with E-state index in [0.717, 1.165) is 12.8 Å². The maximum Gasteiger partial charge on any atom is 0.331 e. The van der Waals surface area contributed by atoms with Crippen molar-refractivity contribution in [1.29, 1.82) is 0 Å². The second-order valence-electron chi connectivity index (χ2n) is 9.45. The molecule has 2 heterocycles. The molecule has 6 nitrogen and oxygen atoms in total. The molecule has 2 saturated heterocycles. The number of carbonyl (C=O) groups is 2. The number of ketones is 1. The van der Waals surface area contributed by atoms with Crippen LogP contribution in [0.2, 0.25) is 0 Å². The lowest BCUT2D eigenvalue weighted by Gasteiger charge is -2.42. The number of methoxy groups -OCH3 is 1. The molecule has 2 aliphatic heterocycles. The molecular formula is C27H36O6. The van der Waals surface area contributed by atoms with Gasteiger partial charge in [0.1, 0.15) is 23.4 Å². The number of carbonyl (C=O) groups excluding carboxylic acids is 2. The van der Waals surface area contributed by atoms with E-state index in [9.17, 15) is 9.59 Å². The summed E-state index contributed by atoms with van der Waals surface area (Å²) >= 11 is 0. The molecule has 1 aliphatic carbocycles. The van der Waals surface area contributed by atoms with Crippen molar-refractivity contribution in [3.63, 3.8) is 0 Å². The first kappa shape index (κ1) is 25.3. The Hall–Kier alpha value is -2.28. The Balaban J connectivity index is 1.59. The zero-order chi connectivity index (χ0) is 24.1. The third-order valence-corrected chi connectivity index (χ3v) is 6.62. The van der Waals surface area contributed by atoms with Crippen molar-refractivity contribution in [2.75, 3.05) is 13.7 Å². The van der Waals surface area contributed by atoms with Gasteiger partial charge < -0.3 is 18.9 Å². The number of esters is 1. The Labute approximate surface area is 197 Å². The lowest BCUT2D eigenvalue weighted by molar-refractivity contribution is -0.166. The fraction of sp³-hybridized carbons (Fsp3) is 0.556. The van der Waals surface area contributed by atoms with E-state index in [0.29, 0.717) is 13.0 Å². The van der Waals surface area contributed by atoms with Crippen LogP contribution in [0.5, 0.6) is 0 Å². The molecule has 1 saturated carbocycles. The fourth-order valence-electron chi connectivity index (χ4n) is 4.84. The molecule has 0 aromatic carbocycles. The SMILES string of the molecule is CO[C@@H]1[C@H](OC(=O)C=CC=CC=CC=CC(C)=O)CC[C@]2(CO2)[C@H]1[C@@]1(C)O[C@@H]1CC=C(C)C. The summed E-state index contributed by atoms with van der Waals surface area (Å²) in [4.78, 5) is 23.3. The van der Waals surface area contributed by atoms with E-state index in [1.54, 1.807) is 43.6 Å². The number of rotatable bonds is 10. The van der Waals surface area contributed by atoms with Gasteiger partial charge in [-0.2, -0.15) is 0 Å². The normalized spacial score (nSPS) is 35.7. The van der Waals surface area contributed by atoms with Crippen LogP contribution in [0.25, 0.3) is 0 Å². The average molecular weight is 457 g/mol. The summed E-state index contributed by atoms with van der Waals surface area (Å²) in [6.07, 6.45) is 17.3. The summed E-state index contributed by atoms with van der Waals surface area (Å²) in [6.45, 7) is 8.50. The Bertz CT molecular complexity index is 871. The van der Waals surface area contributed by atoms with Crippen LogP contribution in [0, 0.1) is 5.92 Å². The van der Waals surface area contributed by atoms with Gasteiger partial charge in [-0.25, -0.2) is 4.79 Å².